The Labute approximate surface area is 160 Å². The summed E-state index contributed by atoms with van der Waals surface area (Å²) in [5.41, 5.74) is 3.16. The number of benzene rings is 1. The molecular formula is C21H26N4O2. The van der Waals surface area contributed by atoms with Crippen LogP contribution in [0.4, 0.5) is 5.82 Å². The molecule has 0 unspecified atom stereocenters. The van der Waals surface area contributed by atoms with Gasteiger partial charge < -0.3 is 14.5 Å². The lowest BCUT2D eigenvalue weighted by Crippen LogP contribution is -2.47. The zero-order valence-electron chi connectivity index (χ0n) is 16.2. The summed E-state index contributed by atoms with van der Waals surface area (Å²) < 4.78 is 5.91. The fourth-order valence-electron chi connectivity index (χ4n) is 3.99. The lowest BCUT2D eigenvalue weighted by molar-refractivity contribution is -0.129. The van der Waals surface area contributed by atoms with Gasteiger partial charge in [-0.15, -0.1) is 0 Å². The topological polar surface area (TPSA) is 58.6 Å². The maximum atomic E-state index is 11.9. The SMILES string of the molecule is CC(=O)N1CCc2nc(-c3ccccc3)nc(N3C[C@H](C)O[C@@H](C)C3)c2C1. The highest BCUT2D eigenvalue weighted by Gasteiger charge is 2.30. The first kappa shape index (κ1) is 17.9. The van der Waals surface area contributed by atoms with Gasteiger partial charge in [-0.1, -0.05) is 30.3 Å². The van der Waals surface area contributed by atoms with Gasteiger partial charge in [-0.2, -0.15) is 0 Å². The molecule has 1 saturated heterocycles. The van der Waals surface area contributed by atoms with Gasteiger partial charge in [0.1, 0.15) is 5.82 Å². The van der Waals surface area contributed by atoms with E-state index < -0.39 is 0 Å². The second kappa shape index (κ2) is 7.27. The van der Waals surface area contributed by atoms with Crippen LogP contribution in [0.2, 0.25) is 0 Å². The maximum Gasteiger partial charge on any atom is 0.219 e. The highest BCUT2D eigenvalue weighted by atomic mass is 16.5. The number of ether oxygens (including phenoxy) is 1. The van der Waals surface area contributed by atoms with E-state index in [2.05, 4.69) is 18.7 Å². The van der Waals surface area contributed by atoms with Gasteiger partial charge in [0.15, 0.2) is 5.82 Å². The first-order valence-electron chi connectivity index (χ1n) is 9.62. The van der Waals surface area contributed by atoms with E-state index in [1.54, 1.807) is 6.92 Å². The summed E-state index contributed by atoms with van der Waals surface area (Å²) in [4.78, 5) is 25.9. The van der Waals surface area contributed by atoms with Crippen LogP contribution >= 0.6 is 0 Å². The van der Waals surface area contributed by atoms with Crippen LogP contribution in [-0.4, -0.2) is 52.6 Å². The van der Waals surface area contributed by atoms with E-state index in [1.165, 1.54) is 0 Å². The van der Waals surface area contributed by atoms with Crippen molar-refractivity contribution in [2.45, 2.75) is 45.9 Å². The van der Waals surface area contributed by atoms with Gasteiger partial charge in [0.05, 0.1) is 24.4 Å². The molecule has 1 amide bonds. The van der Waals surface area contributed by atoms with Crippen molar-refractivity contribution < 1.29 is 9.53 Å². The fourth-order valence-corrected chi connectivity index (χ4v) is 3.99. The van der Waals surface area contributed by atoms with E-state index in [-0.39, 0.29) is 18.1 Å². The third-order valence-corrected chi connectivity index (χ3v) is 5.23. The van der Waals surface area contributed by atoms with E-state index in [1.807, 2.05) is 35.2 Å². The number of rotatable bonds is 2. The Morgan fingerprint density at radius 3 is 2.48 bits per heavy atom. The van der Waals surface area contributed by atoms with Crippen LogP contribution < -0.4 is 4.90 Å². The van der Waals surface area contributed by atoms with Gasteiger partial charge in [0.2, 0.25) is 5.91 Å². The van der Waals surface area contributed by atoms with E-state index in [4.69, 9.17) is 14.7 Å². The molecule has 4 rings (SSSR count). The smallest absolute Gasteiger partial charge is 0.219 e. The molecule has 1 fully saturated rings. The summed E-state index contributed by atoms with van der Waals surface area (Å²) in [6, 6.07) is 10.1. The minimum absolute atomic E-state index is 0.0995. The number of morpholine rings is 1. The van der Waals surface area contributed by atoms with E-state index >= 15 is 0 Å². The number of fused-ring (bicyclic) bond motifs is 1. The summed E-state index contributed by atoms with van der Waals surface area (Å²) >= 11 is 0. The maximum absolute atomic E-state index is 11.9. The van der Waals surface area contributed by atoms with Crippen molar-refractivity contribution in [2.75, 3.05) is 24.5 Å². The molecule has 6 heteroatoms. The number of aromatic nitrogens is 2. The fraction of sp³-hybridized carbons (Fsp3) is 0.476. The molecule has 0 radical (unpaired) electrons. The zero-order chi connectivity index (χ0) is 19.0. The second-order valence-corrected chi connectivity index (χ2v) is 7.51. The highest BCUT2D eigenvalue weighted by molar-refractivity contribution is 5.74. The molecule has 0 spiro atoms. The van der Waals surface area contributed by atoms with Gasteiger partial charge >= 0.3 is 0 Å². The number of hydrogen-bond acceptors (Lipinski definition) is 5. The van der Waals surface area contributed by atoms with Gasteiger partial charge in [-0.05, 0) is 13.8 Å². The molecule has 3 heterocycles. The zero-order valence-corrected chi connectivity index (χ0v) is 16.2. The average molecular weight is 366 g/mol. The van der Waals surface area contributed by atoms with Crippen molar-refractivity contribution in [3.63, 3.8) is 0 Å². The summed E-state index contributed by atoms with van der Waals surface area (Å²) in [7, 11) is 0. The van der Waals surface area contributed by atoms with Crippen molar-refractivity contribution in [1.82, 2.24) is 14.9 Å². The largest absolute Gasteiger partial charge is 0.372 e. The molecule has 142 valence electrons. The minimum atomic E-state index is 0.0995. The Bertz CT molecular complexity index is 830. The van der Waals surface area contributed by atoms with Crippen LogP contribution in [0.25, 0.3) is 11.4 Å². The summed E-state index contributed by atoms with van der Waals surface area (Å²) in [5.74, 6) is 1.81. The van der Waals surface area contributed by atoms with Crippen LogP contribution in [0.5, 0.6) is 0 Å². The Hall–Kier alpha value is -2.47. The monoisotopic (exact) mass is 366 g/mol. The van der Waals surface area contributed by atoms with Crippen molar-refractivity contribution in [3.05, 3.63) is 41.6 Å². The minimum Gasteiger partial charge on any atom is -0.372 e. The molecule has 27 heavy (non-hydrogen) atoms. The molecule has 1 aromatic heterocycles. The number of carbonyl (C=O) groups excluding carboxylic acids is 1. The quantitative estimate of drug-likeness (QED) is 0.818. The van der Waals surface area contributed by atoms with Gasteiger partial charge in [-0.3, -0.25) is 4.79 Å². The van der Waals surface area contributed by atoms with Gasteiger partial charge in [0, 0.05) is 44.1 Å². The molecule has 6 nitrogen and oxygen atoms in total. The second-order valence-electron chi connectivity index (χ2n) is 7.51. The number of amides is 1. The molecule has 0 N–H and O–H groups in total. The van der Waals surface area contributed by atoms with Crippen molar-refractivity contribution in [3.8, 4) is 11.4 Å². The molecule has 2 aromatic rings. The molecule has 0 aliphatic carbocycles. The Morgan fingerprint density at radius 1 is 1.11 bits per heavy atom. The normalized spacial score (nSPS) is 22.5. The van der Waals surface area contributed by atoms with Crippen LogP contribution in [0.1, 0.15) is 32.0 Å². The average Bonchev–Trinajstić information content (AvgIpc) is 2.66. The number of anilines is 1. The number of hydrogen-bond donors (Lipinski definition) is 0. The number of carbonyl (C=O) groups is 1. The first-order chi connectivity index (χ1) is 13.0. The Kier molecular flexibility index (Phi) is 4.83. The summed E-state index contributed by atoms with van der Waals surface area (Å²) in [6.45, 7) is 8.69. The first-order valence-corrected chi connectivity index (χ1v) is 9.62. The third kappa shape index (κ3) is 3.67. The van der Waals surface area contributed by atoms with Gasteiger partial charge in [0.25, 0.3) is 0 Å². The lowest BCUT2D eigenvalue weighted by Gasteiger charge is -2.38. The summed E-state index contributed by atoms with van der Waals surface area (Å²) in [5, 5.41) is 0. The molecule has 2 atom stereocenters. The third-order valence-electron chi connectivity index (χ3n) is 5.23. The van der Waals surface area contributed by atoms with Crippen LogP contribution in [-0.2, 0) is 22.5 Å². The summed E-state index contributed by atoms with van der Waals surface area (Å²) in [6.07, 6.45) is 1.05. The van der Waals surface area contributed by atoms with E-state index in [0.717, 1.165) is 48.0 Å². The molecular weight excluding hydrogens is 340 g/mol. The number of nitrogens with zero attached hydrogens (tertiary/aromatic N) is 4. The molecule has 1 aromatic carbocycles. The van der Waals surface area contributed by atoms with E-state index in [0.29, 0.717) is 13.1 Å². The predicted molar refractivity (Wildman–Crippen MR) is 104 cm³/mol. The van der Waals surface area contributed by atoms with Crippen LogP contribution in [0.3, 0.4) is 0 Å². The standard InChI is InChI=1S/C21H26N4O2/c1-14-11-25(12-15(2)27-14)21-18-13-24(16(3)26)10-9-19(18)22-20(23-21)17-7-5-4-6-8-17/h4-8,14-15H,9-13H2,1-3H3/t14-,15-/m0/s1. The highest BCUT2D eigenvalue weighted by Crippen LogP contribution is 2.31. The predicted octanol–water partition coefficient (Wildman–Crippen LogP) is 2.66. The lowest BCUT2D eigenvalue weighted by atomic mass is 10.0. The van der Waals surface area contributed by atoms with Crippen LogP contribution in [0.15, 0.2) is 30.3 Å². The van der Waals surface area contributed by atoms with Crippen molar-refractivity contribution in [1.29, 1.82) is 0 Å². The Morgan fingerprint density at radius 2 is 1.81 bits per heavy atom. The molecule has 2 aliphatic rings. The molecule has 0 bridgehead atoms. The Balaban J connectivity index is 1.80. The van der Waals surface area contributed by atoms with Crippen molar-refractivity contribution in [2.24, 2.45) is 0 Å². The van der Waals surface area contributed by atoms with E-state index in [9.17, 15) is 4.79 Å². The van der Waals surface area contributed by atoms with Crippen molar-refractivity contribution >= 4 is 11.7 Å². The van der Waals surface area contributed by atoms with Crippen LogP contribution in [0, 0.1) is 0 Å². The molecule has 2 aliphatic heterocycles. The van der Waals surface area contributed by atoms with Gasteiger partial charge in [-0.25, -0.2) is 9.97 Å². The molecule has 0 saturated carbocycles.